The van der Waals surface area contributed by atoms with E-state index in [1.165, 1.54) is 0 Å². The predicted octanol–water partition coefficient (Wildman–Crippen LogP) is 6.97. The molecule has 0 saturated heterocycles. The van der Waals surface area contributed by atoms with Crippen molar-refractivity contribution in [2.24, 2.45) is 5.41 Å². The van der Waals surface area contributed by atoms with E-state index >= 15 is 0 Å². The van der Waals surface area contributed by atoms with E-state index in [0.29, 0.717) is 18.8 Å². The SMILES string of the molecule is COc1nc2ccc(I)cc2cc1C(C#CC(C)(C)C)C(O)(CCN(C)C)c1cccc2ccccc12. The zero-order chi connectivity index (χ0) is 26.8. The Morgan fingerprint density at radius 1 is 1.00 bits per heavy atom. The van der Waals surface area contributed by atoms with Gasteiger partial charge < -0.3 is 14.7 Å². The van der Waals surface area contributed by atoms with E-state index in [0.717, 1.165) is 36.4 Å². The fourth-order valence-electron chi connectivity index (χ4n) is 4.69. The molecule has 2 atom stereocenters. The quantitative estimate of drug-likeness (QED) is 0.182. The maximum absolute atomic E-state index is 12.9. The second-order valence-electron chi connectivity index (χ2n) is 10.9. The van der Waals surface area contributed by atoms with Gasteiger partial charge in [-0.3, -0.25) is 0 Å². The van der Waals surface area contributed by atoms with Crippen LogP contribution in [0.1, 0.15) is 44.2 Å². The van der Waals surface area contributed by atoms with Crippen LogP contribution in [0.4, 0.5) is 0 Å². The van der Waals surface area contributed by atoms with E-state index in [1.807, 2.05) is 50.5 Å². The van der Waals surface area contributed by atoms with E-state index < -0.39 is 11.5 Å². The first kappa shape index (κ1) is 27.4. The highest BCUT2D eigenvalue weighted by atomic mass is 127. The lowest BCUT2D eigenvalue weighted by Gasteiger charge is -2.37. The number of aliphatic hydroxyl groups is 1. The number of hydrogen-bond acceptors (Lipinski definition) is 4. The molecule has 4 rings (SSSR count). The van der Waals surface area contributed by atoms with Gasteiger partial charge in [0.05, 0.1) is 18.5 Å². The number of methoxy groups -OCH3 is 1. The van der Waals surface area contributed by atoms with E-state index in [4.69, 9.17) is 9.72 Å². The molecule has 0 radical (unpaired) electrons. The van der Waals surface area contributed by atoms with Crippen molar-refractivity contribution in [1.29, 1.82) is 0 Å². The molecule has 1 aromatic heterocycles. The Morgan fingerprint density at radius 3 is 2.43 bits per heavy atom. The number of halogens is 1. The second-order valence-corrected chi connectivity index (χ2v) is 12.1. The minimum atomic E-state index is -1.30. The van der Waals surface area contributed by atoms with Gasteiger partial charge in [-0.05, 0) is 104 Å². The molecule has 192 valence electrons. The highest BCUT2D eigenvalue weighted by molar-refractivity contribution is 14.1. The lowest BCUT2D eigenvalue weighted by atomic mass is 9.73. The van der Waals surface area contributed by atoms with Crippen LogP contribution < -0.4 is 4.74 Å². The first-order chi connectivity index (χ1) is 17.5. The Morgan fingerprint density at radius 2 is 1.73 bits per heavy atom. The highest BCUT2D eigenvalue weighted by Gasteiger charge is 2.41. The van der Waals surface area contributed by atoms with Crippen LogP contribution in [0, 0.1) is 20.8 Å². The highest BCUT2D eigenvalue weighted by Crippen LogP contribution is 2.45. The summed E-state index contributed by atoms with van der Waals surface area (Å²) in [6.45, 7) is 6.96. The Balaban J connectivity index is 2.06. The Bertz CT molecular complexity index is 1470. The normalized spacial score (nSPS) is 14.3. The minimum absolute atomic E-state index is 0.244. The third-order valence-corrected chi connectivity index (χ3v) is 7.21. The molecule has 3 aromatic carbocycles. The Labute approximate surface area is 234 Å². The van der Waals surface area contributed by atoms with Crippen LogP contribution in [-0.2, 0) is 5.60 Å². The molecule has 2 unspecified atom stereocenters. The molecule has 0 saturated carbocycles. The summed E-state index contributed by atoms with van der Waals surface area (Å²) < 4.78 is 6.96. The maximum Gasteiger partial charge on any atom is 0.218 e. The molecular weight excluding hydrogens is 571 g/mol. The van der Waals surface area contributed by atoms with Crippen molar-refractivity contribution in [3.63, 3.8) is 0 Å². The number of fused-ring (bicyclic) bond motifs is 2. The van der Waals surface area contributed by atoms with Gasteiger partial charge in [0.1, 0.15) is 5.60 Å². The summed E-state index contributed by atoms with van der Waals surface area (Å²) in [5.41, 5.74) is 0.972. The average molecular weight is 607 g/mol. The summed E-state index contributed by atoms with van der Waals surface area (Å²) in [6.07, 6.45) is 0.491. The van der Waals surface area contributed by atoms with Crippen LogP contribution in [-0.4, -0.2) is 42.7 Å². The van der Waals surface area contributed by atoms with Gasteiger partial charge in [0.25, 0.3) is 0 Å². The summed E-state index contributed by atoms with van der Waals surface area (Å²) in [4.78, 5) is 6.95. The summed E-state index contributed by atoms with van der Waals surface area (Å²) in [6, 6.07) is 22.6. The zero-order valence-electron chi connectivity index (χ0n) is 22.5. The number of ether oxygens (including phenoxy) is 1. The second kappa shape index (κ2) is 11.0. The van der Waals surface area contributed by atoms with Crippen molar-refractivity contribution in [2.45, 2.75) is 38.7 Å². The molecular formula is C32H35IN2O2. The average Bonchev–Trinajstić information content (AvgIpc) is 2.86. The third-order valence-electron chi connectivity index (χ3n) is 6.54. The maximum atomic E-state index is 12.9. The van der Waals surface area contributed by atoms with Crippen LogP contribution in [0.15, 0.2) is 66.7 Å². The van der Waals surface area contributed by atoms with Crippen molar-refractivity contribution in [2.75, 3.05) is 27.7 Å². The van der Waals surface area contributed by atoms with E-state index in [2.05, 4.69) is 90.4 Å². The van der Waals surface area contributed by atoms with Crippen LogP contribution >= 0.6 is 22.6 Å². The molecule has 4 nitrogen and oxygen atoms in total. The molecule has 0 aliphatic carbocycles. The summed E-state index contributed by atoms with van der Waals surface area (Å²) >= 11 is 2.32. The van der Waals surface area contributed by atoms with Crippen LogP contribution in [0.2, 0.25) is 0 Å². The molecule has 4 aromatic rings. The van der Waals surface area contributed by atoms with Gasteiger partial charge in [-0.25, -0.2) is 4.98 Å². The Hall–Kier alpha value is -2.66. The predicted molar refractivity (Wildman–Crippen MR) is 162 cm³/mol. The topological polar surface area (TPSA) is 45.6 Å². The molecule has 37 heavy (non-hydrogen) atoms. The lowest BCUT2D eigenvalue weighted by molar-refractivity contribution is 0.00990. The fourth-order valence-corrected chi connectivity index (χ4v) is 5.21. The van der Waals surface area contributed by atoms with Gasteiger partial charge in [0.15, 0.2) is 0 Å². The number of benzene rings is 3. The number of pyridine rings is 1. The van der Waals surface area contributed by atoms with E-state index in [9.17, 15) is 5.11 Å². The van der Waals surface area contributed by atoms with Crippen molar-refractivity contribution < 1.29 is 9.84 Å². The first-order valence-electron chi connectivity index (χ1n) is 12.5. The summed E-state index contributed by atoms with van der Waals surface area (Å²) in [5.74, 6) is 6.87. The summed E-state index contributed by atoms with van der Waals surface area (Å²) in [7, 11) is 5.69. The zero-order valence-corrected chi connectivity index (χ0v) is 24.6. The minimum Gasteiger partial charge on any atom is -0.481 e. The number of aromatic nitrogens is 1. The molecule has 5 heteroatoms. The molecule has 1 heterocycles. The molecule has 0 spiro atoms. The van der Waals surface area contributed by atoms with Gasteiger partial charge in [0, 0.05) is 26.5 Å². The molecule has 0 amide bonds. The standard InChI is InChI=1S/C32H35IN2O2/c1-31(2,3)17-16-28(26-21-23-20-24(33)14-15-29(23)34-30(26)37-6)32(36,18-19-35(4)5)27-13-9-11-22-10-7-8-12-25(22)27/h7-15,20-21,28,36H,18-19H2,1-6H3. The van der Waals surface area contributed by atoms with Crippen molar-refractivity contribution in [3.05, 3.63) is 81.4 Å². The van der Waals surface area contributed by atoms with Gasteiger partial charge in [0.2, 0.25) is 5.88 Å². The number of nitrogens with zero attached hydrogens (tertiary/aromatic N) is 2. The van der Waals surface area contributed by atoms with Crippen LogP contribution in [0.5, 0.6) is 5.88 Å². The first-order valence-corrected chi connectivity index (χ1v) is 13.6. The Kier molecular flexibility index (Phi) is 8.13. The van der Waals surface area contributed by atoms with Crippen molar-refractivity contribution in [1.82, 2.24) is 9.88 Å². The monoisotopic (exact) mass is 606 g/mol. The number of hydrogen-bond donors (Lipinski definition) is 1. The molecule has 0 aliphatic heterocycles. The fraction of sp³-hybridized carbons (Fsp3) is 0.344. The van der Waals surface area contributed by atoms with Crippen molar-refractivity contribution >= 4 is 44.3 Å². The van der Waals surface area contributed by atoms with Gasteiger partial charge in [-0.15, -0.1) is 0 Å². The summed E-state index contributed by atoms with van der Waals surface area (Å²) in [5, 5.41) is 16.0. The third kappa shape index (κ3) is 6.09. The largest absolute Gasteiger partial charge is 0.481 e. The van der Waals surface area contributed by atoms with Crippen molar-refractivity contribution in [3.8, 4) is 17.7 Å². The van der Waals surface area contributed by atoms with Crippen LogP contribution in [0.25, 0.3) is 21.7 Å². The smallest absolute Gasteiger partial charge is 0.218 e. The molecule has 0 aliphatic rings. The van der Waals surface area contributed by atoms with Gasteiger partial charge >= 0.3 is 0 Å². The van der Waals surface area contributed by atoms with Gasteiger partial charge in [-0.1, -0.05) is 54.3 Å². The lowest BCUT2D eigenvalue weighted by Crippen LogP contribution is -2.37. The molecule has 0 fully saturated rings. The molecule has 0 bridgehead atoms. The van der Waals surface area contributed by atoms with E-state index in [1.54, 1.807) is 7.11 Å². The number of rotatable bonds is 7. The molecule has 1 N–H and O–H groups in total. The van der Waals surface area contributed by atoms with Crippen LogP contribution in [0.3, 0.4) is 0 Å². The van der Waals surface area contributed by atoms with E-state index in [-0.39, 0.29) is 5.41 Å². The van der Waals surface area contributed by atoms with Gasteiger partial charge in [-0.2, -0.15) is 0 Å².